The van der Waals surface area contributed by atoms with Crippen molar-refractivity contribution in [3.05, 3.63) is 11.6 Å². The fourth-order valence-electron chi connectivity index (χ4n) is 3.07. The van der Waals surface area contributed by atoms with Crippen molar-refractivity contribution >= 4 is 5.97 Å². The first-order valence-electron chi connectivity index (χ1n) is 6.40. The number of aliphatic carboxylic acids is 1. The van der Waals surface area contributed by atoms with Crippen molar-refractivity contribution in [1.82, 2.24) is 14.8 Å². The Morgan fingerprint density at radius 3 is 2.94 bits per heavy atom. The third-order valence-electron chi connectivity index (χ3n) is 4.04. The first-order valence-corrected chi connectivity index (χ1v) is 6.40. The van der Waals surface area contributed by atoms with Gasteiger partial charge in [-0.25, -0.2) is 0 Å². The molecule has 0 bridgehead atoms. The van der Waals surface area contributed by atoms with Crippen LogP contribution < -0.4 is 0 Å². The Bertz CT molecular complexity index is 441. The third kappa shape index (κ3) is 1.83. The van der Waals surface area contributed by atoms with Crippen LogP contribution in [0.15, 0.2) is 0 Å². The highest BCUT2D eigenvalue weighted by Crippen LogP contribution is 2.38. The van der Waals surface area contributed by atoms with Gasteiger partial charge in [0.15, 0.2) is 0 Å². The molecule has 0 spiro atoms. The van der Waals surface area contributed by atoms with Crippen LogP contribution in [-0.4, -0.2) is 25.8 Å². The van der Waals surface area contributed by atoms with Crippen molar-refractivity contribution < 1.29 is 9.90 Å². The minimum absolute atomic E-state index is 0.184. The largest absolute Gasteiger partial charge is 0.481 e. The second-order valence-corrected chi connectivity index (χ2v) is 5.13. The van der Waals surface area contributed by atoms with Gasteiger partial charge in [-0.3, -0.25) is 4.79 Å². The number of aromatic nitrogens is 3. The first kappa shape index (κ1) is 10.7. The van der Waals surface area contributed by atoms with E-state index < -0.39 is 5.97 Å². The first-order chi connectivity index (χ1) is 8.25. The molecule has 5 nitrogen and oxygen atoms in total. The lowest BCUT2D eigenvalue weighted by Crippen LogP contribution is -2.15. The number of hydrogen-bond acceptors (Lipinski definition) is 3. The van der Waals surface area contributed by atoms with Gasteiger partial charge in [-0.2, -0.15) is 0 Å². The molecule has 1 aromatic rings. The molecule has 0 saturated heterocycles. The van der Waals surface area contributed by atoms with Crippen molar-refractivity contribution in [3.8, 4) is 0 Å². The number of carboxylic acid groups (broad SMARTS) is 1. The van der Waals surface area contributed by atoms with E-state index in [2.05, 4.69) is 14.8 Å². The molecule has 0 radical (unpaired) electrons. The van der Waals surface area contributed by atoms with Crippen molar-refractivity contribution in [2.45, 2.75) is 51.0 Å². The normalized spacial score (nSPS) is 28.0. The molecule has 2 unspecified atom stereocenters. The summed E-state index contributed by atoms with van der Waals surface area (Å²) in [5, 5.41) is 17.6. The number of nitrogens with zero attached hydrogens (tertiary/aromatic N) is 3. The Kier molecular flexibility index (Phi) is 2.61. The van der Waals surface area contributed by atoms with Crippen molar-refractivity contribution in [2.24, 2.45) is 5.92 Å². The van der Waals surface area contributed by atoms with E-state index >= 15 is 0 Å². The SMILES string of the molecule is O=C(O)C1CCC(c2nnc3n2CCCC3)C1. The maximum absolute atomic E-state index is 11.0. The molecule has 1 aliphatic carbocycles. The van der Waals surface area contributed by atoms with Gasteiger partial charge >= 0.3 is 5.97 Å². The van der Waals surface area contributed by atoms with E-state index in [1.807, 2.05) is 0 Å². The highest BCUT2D eigenvalue weighted by molar-refractivity contribution is 5.70. The number of carboxylic acids is 1. The van der Waals surface area contributed by atoms with Crippen LogP contribution in [0.2, 0.25) is 0 Å². The molecule has 17 heavy (non-hydrogen) atoms. The topological polar surface area (TPSA) is 68.0 Å². The fraction of sp³-hybridized carbons (Fsp3) is 0.750. The summed E-state index contributed by atoms with van der Waals surface area (Å²) in [5.41, 5.74) is 0. The Labute approximate surface area is 99.9 Å². The Balaban J connectivity index is 1.81. The molecule has 1 saturated carbocycles. The van der Waals surface area contributed by atoms with Gasteiger partial charge in [0.1, 0.15) is 11.6 Å². The molecule has 2 heterocycles. The summed E-state index contributed by atoms with van der Waals surface area (Å²) in [6, 6.07) is 0. The molecule has 2 aliphatic rings. The summed E-state index contributed by atoms with van der Waals surface area (Å²) in [4.78, 5) is 11.0. The van der Waals surface area contributed by atoms with Gasteiger partial charge in [0.05, 0.1) is 5.92 Å². The van der Waals surface area contributed by atoms with E-state index in [-0.39, 0.29) is 5.92 Å². The predicted molar refractivity (Wildman–Crippen MR) is 60.7 cm³/mol. The molecule has 0 amide bonds. The number of rotatable bonds is 2. The van der Waals surface area contributed by atoms with Crippen molar-refractivity contribution in [3.63, 3.8) is 0 Å². The molecule has 1 aromatic heterocycles. The summed E-state index contributed by atoms with van der Waals surface area (Å²) in [6.45, 7) is 1.01. The van der Waals surface area contributed by atoms with E-state index in [0.29, 0.717) is 5.92 Å². The second kappa shape index (κ2) is 4.13. The zero-order valence-corrected chi connectivity index (χ0v) is 9.80. The molecule has 92 valence electrons. The van der Waals surface area contributed by atoms with Crippen LogP contribution in [0.4, 0.5) is 0 Å². The fourth-order valence-corrected chi connectivity index (χ4v) is 3.07. The molecule has 1 N–H and O–H groups in total. The molecule has 3 rings (SSSR count). The third-order valence-corrected chi connectivity index (χ3v) is 4.04. The van der Waals surface area contributed by atoms with Crippen LogP contribution in [0.25, 0.3) is 0 Å². The van der Waals surface area contributed by atoms with Crippen LogP contribution in [0.1, 0.15) is 49.7 Å². The molecular formula is C12H17N3O2. The quantitative estimate of drug-likeness (QED) is 0.845. The average Bonchev–Trinajstić information content (AvgIpc) is 2.95. The molecule has 1 aliphatic heterocycles. The lowest BCUT2D eigenvalue weighted by Gasteiger charge is -2.17. The van der Waals surface area contributed by atoms with Crippen LogP contribution in [0.5, 0.6) is 0 Å². The highest BCUT2D eigenvalue weighted by Gasteiger charge is 2.34. The van der Waals surface area contributed by atoms with E-state index in [9.17, 15) is 4.79 Å². The van der Waals surface area contributed by atoms with E-state index in [1.54, 1.807) is 0 Å². The van der Waals surface area contributed by atoms with E-state index in [4.69, 9.17) is 5.11 Å². The van der Waals surface area contributed by atoms with Crippen LogP contribution in [-0.2, 0) is 17.8 Å². The summed E-state index contributed by atoms with van der Waals surface area (Å²) in [5.74, 6) is 1.58. The van der Waals surface area contributed by atoms with Crippen LogP contribution in [0, 0.1) is 5.92 Å². The van der Waals surface area contributed by atoms with E-state index in [0.717, 1.165) is 43.9 Å². The van der Waals surface area contributed by atoms with Gasteiger partial charge in [-0.05, 0) is 32.1 Å². The number of aryl methyl sites for hydroxylation is 1. The standard InChI is InChI=1S/C12H17N3O2/c16-12(17)9-5-4-8(7-9)11-14-13-10-3-1-2-6-15(10)11/h8-9H,1-7H2,(H,16,17). The lowest BCUT2D eigenvalue weighted by molar-refractivity contribution is -0.141. The molecule has 0 aromatic carbocycles. The monoisotopic (exact) mass is 235 g/mol. The van der Waals surface area contributed by atoms with Gasteiger partial charge < -0.3 is 9.67 Å². The number of fused-ring (bicyclic) bond motifs is 1. The minimum atomic E-state index is -0.661. The summed E-state index contributed by atoms with van der Waals surface area (Å²) >= 11 is 0. The van der Waals surface area contributed by atoms with E-state index in [1.165, 1.54) is 12.8 Å². The van der Waals surface area contributed by atoms with Gasteiger partial charge in [-0.1, -0.05) is 0 Å². The smallest absolute Gasteiger partial charge is 0.306 e. The average molecular weight is 235 g/mol. The Morgan fingerprint density at radius 2 is 2.18 bits per heavy atom. The molecule has 5 heteroatoms. The van der Waals surface area contributed by atoms with Gasteiger partial charge in [-0.15, -0.1) is 10.2 Å². The Morgan fingerprint density at radius 1 is 1.29 bits per heavy atom. The zero-order valence-electron chi connectivity index (χ0n) is 9.80. The Hall–Kier alpha value is -1.39. The predicted octanol–water partition coefficient (Wildman–Crippen LogP) is 1.58. The van der Waals surface area contributed by atoms with Crippen molar-refractivity contribution in [2.75, 3.05) is 0 Å². The molecular weight excluding hydrogens is 218 g/mol. The molecule has 1 fully saturated rings. The van der Waals surface area contributed by atoms with Gasteiger partial charge in [0.2, 0.25) is 0 Å². The summed E-state index contributed by atoms with van der Waals surface area (Å²) in [7, 11) is 0. The maximum Gasteiger partial charge on any atom is 0.306 e. The van der Waals surface area contributed by atoms with Gasteiger partial charge in [0.25, 0.3) is 0 Å². The lowest BCUT2D eigenvalue weighted by atomic mass is 10.0. The van der Waals surface area contributed by atoms with Crippen LogP contribution in [0.3, 0.4) is 0 Å². The number of hydrogen-bond donors (Lipinski definition) is 1. The van der Waals surface area contributed by atoms with Crippen molar-refractivity contribution in [1.29, 1.82) is 0 Å². The maximum atomic E-state index is 11.0. The summed E-state index contributed by atoms with van der Waals surface area (Å²) in [6.07, 6.45) is 5.85. The number of carbonyl (C=O) groups is 1. The minimum Gasteiger partial charge on any atom is -0.481 e. The highest BCUT2D eigenvalue weighted by atomic mass is 16.4. The molecule has 2 atom stereocenters. The zero-order chi connectivity index (χ0) is 11.8. The van der Waals surface area contributed by atoms with Crippen LogP contribution >= 0.6 is 0 Å². The van der Waals surface area contributed by atoms with Gasteiger partial charge in [0, 0.05) is 18.9 Å². The second-order valence-electron chi connectivity index (χ2n) is 5.13. The summed E-state index contributed by atoms with van der Waals surface area (Å²) < 4.78 is 2.22.